The maximum Gasteiger partial charge on any atom is 0.251 e. The Hall–Kier alpha value is -2.60. The lowest BCUT2D eigenvalue weighted by molar-refractivity contribution is 0.0963. The number of benzene rings is 1. The molecule has 3 heterocycles. The number of aryl methyl sites for hydroxylation is 1. The molecule has 4 rings (SSSR count). The molecule has 2 aliphatic rings. The van der Waals surface area contributed by atoms with Crippen LogP contribution < -0.4 is 15.8 Å². The van der Waals surface area contributed by atoms with E-state index in [4.69, 9.17) is 0 Å². The Labute approximate surface area is 178 Å². The van der Waals surface area contributed by atoms with Gasteiger partial charge in [0, 0.05) is 61.1 Å². The van der Waals surface area contributed by atoms with Gasteiger partial charge in [-0.2, -0.15) is 0 Å². The van der Waals surface area contributed by atoms with E-state index in [2.05, 4.69) is 26.2 Å². The second-order valence-electron chi connectivity index (χ2n) is 8.45. The highest BCUT2D eigenvalue weighted by molar-refractivity contribution is 5.94. The molecule has 2 saturated heterocycles. The minimum atomic E-state index is -0.0467. The van der Waals surface area contributed by atoms with Crippen LogP contribution in [0.2, 0.25) is 0 Å². The number of H-pyrrole nitrogens is 1. The third-order valence-corrected chi connectivity index (χ3v) is 6.76. The summed E-state index contributed by atoms with van der Waals surface area (Å²) in [6.45, 7) is 6.23. The third kappa shape index (κ3) is 4.29. The normalized spacial score (nSPS) is 20.5. The summed E-state index contributed by atoms with van der Waals surface area (Å²) in [5, 5.41) is 2.66. The van der Waals surface area contributed by atoms with Gasteiger partial charge in [0.05, 0.1) is 0 Å². The zero-order chi connectivity index (χ0) is 21.1. The van der Waals surface area contributed by atoms with Crippen LogP contribution in [0.25, 0.3) is 0 Å². The van der Waals surface area contributed by atoms with E-state index < -0.39 is 0 Å². The van der Waals surface area contributed by atoms with Crippen molar-refractivity contribution in [3.05, 3.63) is 63.6 Å². The average molecular weight is 409 g/mol. The van der Waals surface area contributed by atoms with Gasteiger partial charge in [0.2, 0.25) is 0 Å². The number of piperidine rings is 1. The number of aromatic nitrogens is 1. The molecule has 160 valence electrons. The number of aromatic amines is 1. The molecule has 2 N–H and O–H groups in total. The molecule has 1 aromatic carbocycles. The number of hydrogen-bond donors (Lipinski definition) is 2. The number of nitrogens with one attached hydrogen (secondary N) is 2. The van der Waals surface area contributed by atoms with Gasteiger partial charge in [-0.3, -0.25) is 14.5 Å². The highest BCUT2D eigenvalue weighted by atomic mass is 16.1. The second-order valence-corrected chi connectivity index (χ2v) is 8.45. The molecule has 0 radical (unpaired) electrons. The Morgan fingerprint density at radius 3 is 2.43 bits per heavy atom. The topological polar surface area (TPSA) is 68.4 Å². The van der Waals surface area contributed by atoms with Crippen LogP contribution in [0.1, 0.15) is 53.7 Å². The summed E-state index contributed by atoms with van der Waals surface area (Å²) < 4.78 is 0. The van der Waals surface area contributed by atoms with Crippen LogP contribution in [0.5, 0.6) is 0 Å². The Bertz CT molecular complexity index is 929. The molecule has 0 saturated carbocycles. The molecule has 1 unspecified atom stereocenters. The first-order chi connectivity index (χ1) is 14.6. The van der Waals surface area contributed by atoms with Gasteiger partial charge in [-0.15, -0.1) is 0 Å². The number of carbonyl (C=O) groups excluding carboxylic acids is 1. The van der Waals surface area contributed by atoms with Crippen molar-refractivity contribution in [2.75, 3.05) is 38.1 Å². The fourth-order valence-electron chi connectivity index (χ4n) is 4.87. The summed E-state index contributed by atoms with van der Waals surface area (Å²) >= 11 is 0. The maximum atomic E-state index is 12.2. The van der Waals surface area contributed by atoms with E-state index in [9.17, 15) is 9.59 Å². The monoisotopic (exact) mass is 408 g/mol. The molecule has 30 heavy (non-hydrogen) atoms. The van der Waals surface area contributed by atoms with Gasteiger partial charge in [-0.25, -0.2) is 0 Å². The van der Waals surface area contributed by atoms with E-state index >= 15 is 0 Å². The molecule has 0 bridgehead atoms. The van der Waals surface area contributed by atoms with Crippen LogP contribution in [0.4, 0.5) is 5.69 Å². The van der Waals surface area contributed by atoms with Crippen LogP contribution in [-0.4, -0.2) is 55.1 Å². The number of pyridine rings is 1. The molecule has 1 amide bonds. The summed E-state index contributed by atoms with van der Waals surface area (Å²) in [6, 6.07) is 12.6. The second kappa shape index (κ2) is 9.04. The number of nitrogens with zero attached hydrogens (tertiary/aromatic N) is 2. The Kier molecular flexibility index (Phi) is 6.23. The Balaban J connectivity index is 1.32. The van der Waals surface area contributed by atoms with E-state index in [0.717, 1.165) is 63.1 Å². The van der Waals surface area contributed by atoms with Gasteiger partial charge < -0.3 is 15.2 Å². The van der Waals surface area contributed by atoms with E-state index in [-0.39, 0.29) is 11.5 Å². The molecule has 6 nitrogen and oxygen atoms in total. The van der Waals surface area contributed by atoms with Crippen LogP contribution in [0, 0.1) is 0 Å². The van der Waals surface area contributed by atoms with Crippen LogP contribution >= 0.6 is 0 Å². The van der Waals surface area contributed by atoms with Crippen molar-refractivity contribution in [3.8, 4) is 0 Å². The van der Waals surface area contributed by atoms with Crippen molar-refractivity contribution >= 4 is 11.6 Å². The fourth-order valence-corrected chi connectivity index (χ4v) is 4.87. The Morgan fingerprint density at radius 2 is 1.80 bits per heavy atom. The van der Waals surface area contributed by atoms with Crippen molar-refractivity contribution in [1.82, 2.24) is 15.2 Å². The van der Waals surface area contributed by atoms with Crippen molar-refractivity contribution in [2.24, 2.45) is 0 Å². The molecule has 6 heteroatoms. The molecule has 2 aliphatic heterocycles. The number of carbonyl (C=O) groups is 1. The summed E-state index contributed by atoms with van der Waals surface area (Å²) in [5.41, 5.74) is 3.92. The quantitative estimate of drug-likeness (QED) is 0.798. The van der Waals surface area contributed by atoms with Gasteiger partial charge in [0.25, 0.3) is 11.5 Å². The lowest BCUT2D eigenvalue weighted by atomic mass is 10.0. The summed E-state index contributed by atoms with van der Waals surface area (Å²) in [5.74, 6) is 0.383. The zero-order valence-corrected chi connectivity index (χ0v) is 18.0. The zero-order valence-electron chi connectivity index (χ0n) is 18.0. The van der Waals surface area contributed by atoms with Crippen molar-refractivity contribution in [2.45, 2.75) is 44.6 Å². The first-order valence-corrected chi connectivity index (χ1v) is 11.1. The summed E-state index contributed by atoms with van der Waals surface area (Å²) in [4.78, 5) is 32.0. The molecule has 0 aliphatic carbocycles. The number of anilines is 1. The van der Waals surface area contributed by atoms with Gasteiger partial charge in [-0.05, 0) is 62.6 Å². The van der Waals surface area contributed by atoms with E-state index in [1.54, 1.807) is 7.05 Å². The molecule has 0 spiro atoms. The van der Waals surface area contributed by atoms with E-state index in [0.29, 0.717) is 17.5 Å². The van der Waals surface area contributed by atoms with Crippen molar-refractivity contribution in [3.63, 3.8) is 0 Å². The fraction of sp³-hybridized carbons (Fsp3) is 0.500. The first kappa shape index (κ1) is 20.7. The third-order valence-electron chi connectivity index (χ3n) is 6.76. The Morgan fingerprint density at radius 1 is 1.07 bits per heavy atom. The predicted molar refractivity (Wildman–Crippen MR) is 120 cm³/mol. The highest BCUT2D eigenvalue weighted by Gasteiger charge is 2.31. The molecule has 2 fully saturated rings. The number of hydrogen-bond acceptors (Lipinski definition) is 4. The molecular formula is C24H32N4O2. The van der Waals surface area contributed by atoms with Gasteiger partial charge in [0.1, 0.15) is 0 Å². The smallest absolute Gasteiger partial charge is 0.251 e. The summed E-state index contributed by atoms with van der Waals surface area (Å²) in [6.07, 6.45) is 4.19. The average Bonchev–Trinajstić information content (AvgIpc) is 3.29. The van der Waals surface area contributed by atoms with Crippen molar-refractivity contribution in [1.29, 1.82) is 0 Å². The SMILES string of the molecule is CCc1ccc(C2CCN(C3CCN(c4ccc(C(=O)NC)cc4)CC3)C2)[nH]c1=O. The maximum absolute atomic E-state index is 12.2. The largest absolute Gasteiger partial charge is 0.371 e. The standard InChI is InChI=1S/C24H32N4O2/c1-3-17-6-9-22(26-24(17)30)19-10-13-28(16-19)21-11-14-27(15-12-21)20-7-4-18(5-8-20)23(29)25-2/h4-9,19,21H,3,10-16H2,1-2H3,(H,25,29)(H,26,30). The molecule has 1 atom stereocenters. The molecule has 2 aromatic rings. The van der Waals surface area contributed by atoms with Crippen LogP contribution in [0.3, 0.4) is 0 Å². The summed E-state index contributed by atoms with van der Waals surface area (Å²) in [7, 11) is 1.65. The van der Waals surface area contributed by atoms with Crippen LogP contribution in [0.15, 0.2) is 41.2 Å². The molecular weight excluding hydrogens is 376 g/mol. The van der Waals surface area contributed by atoms with E-state index in [1.807, 2.05) is 37.3 Å². The van der Waals surface area contributed by atoms with Gasteiger partial charge in [-0.1, -0.05) is 13.0 Å². The van der Waals surface area contributed by atoms with Crippen molar-refractivity contribution < 1.29 is 4.79 Å². The predicted octanol–water partition coefficient (Wildman–Crippen LogP) is 2.76. The van der Waals surface area contributed by atoms with Gasteiger partial charge >= 0.3 is 0 Å². The molecule has 1 aromatic heterocycles. The number of rotatable bonds is 5. The lowest BCUT2D eigenvalue weighted by Crippen LogP contribution is -2.44. The minimum absolute atomic E-state index is 0.0467. The highest BCUT2D eigenvalue weighted by Crippen LogP contribution is 2.31. The number of likely N-dealkylation sites (tertiary alicyclic amines) is 1. The van der Waals surface area contributed by atoms with E-state index in [1.165, 1.54) is 5.69 Å². The minimum Gasteiger partial charge on any atom is -0.371 e. The van der Waals surface area contributed by atoms with Crippen LogP contribution in [-0.2, 0) is 6.42 Å². The van der Waals surface area contributed by atoms with Gasteiger partial charge in [0.15, 0.2) is 0 Å². The number of amides is 1. The first-order valence-electron chi connectivity index (χ1n) is 11.1. The lowest BCUT2D eigenvalue weighted by Gasteiger charge is -2.38.